The molecular formula is C19H15ClN4O. The van der Waals surface area contributed by atoms with Gasteiger partial charge in [-0.2, -0.15) is 5.10 Å². The highest BCUT2D eigenvalue weighted by Crippen LogP contribution is 2.43. The van der Waals surface area contributed by atoms with E-state index in [2.05, 4.69) is 33.0 Å². The van der Waals surface area contributed by atoms with Crippen LogP contribution >= 0.6 is 11.6 Å². The van der Waals surface area contributed by atoms with Gasteiger partial charge in [-0.15, -0.1) is 5.10 Å². The predicted molar refractivity (Wildman–Crippen MR) is 96.9 cm³/mol. The first-order chi connectivity index (χ1) is 12.2. The lowest BCUT2D eigenvalue weighted by molar-refractivity contribution is 0.473. The van der Waals surface area contributed by atoms with Crippen molar-refractivity contribution in [2.24, 2.45) is 0 Å². The smallest absolute Gasteiger partial charge is 0.117 e. The molecule has 0 bridgehead atoms. The number of hydrogen-bond acceptors (Lipinski definition) is 5. The maximum Gasteiger partial charge on any atom is 0.117 e. The first-order valence-corrected chi connectivity index (χ1v) is 8.53. The number of halogens is 1. The van der Waals surface area contributed by atoms with Gasteiger partial charge in [-0.05, 0) is 29.3 Å². The van der Waals surface area contributed by atoms with Crippen LogP contribution in [0.25, 0.3) is 11.8 Å². The van der Waals surface area contributed by atoms with Gasteiger partial charge < -0.3 is 15.7 Å². The van der Waals surface area contributed by atoms with E-state index in [1.807, 2.05) is 18.3 Å². The van der Waals surface area contributed by atoms with E-state index < -0.39 is 0 Å². The molecule has 3 heterocycles. The quantitative estimate of drug-likeness (QED) is 0.737. The number of nitrogens with zero attached hydrogens (tertiary/aromatic N) is 2. The van der Waals surface area contributed by atoms with Crippen LogP contribution in [0.2, 0.25) is 5.02 Å². The number of phenolic OH excluding ortho intramolecular Hbond substituents is 1. The summed E-state index contributed by atoms with van der Waals surface area (Å²) in [5.41, 5.74) is 6.31. The minimum Gasteiger partial charge on any atom is -0.508 e. The standard InChI is InChI=1S/C19H15ClN4O/c20-15-7-12(25)3-4-13(15)14-9-22-19-16-11(8-21-18(14)16)2-1-10-5-6-23-24-17(10)19/h1-8,14,18,21-22,25H,9H2. The fourth-order valence-corrected chi connectivity index (χ4v) is 4.18. The van der Waals surface area contributed by atoms with Gasteiger partial charge in [0.15, 0.2) is 0 Å². The van der Waals surface area contributed by atoms with Crippen LogP contribution in [0.1, 0.15) is 22.7 Å². The van der Waals surface area contributed by atoms with Gasteiger partial charge in [-0.25, -0.2) is 0 Å². The zero-order valence-corrected chi connectivity index (χ0v) is 14.0. The van der Waals surface area contributed by atoms with E-state index in [9.17, 15) is 5.11 Å². The Kier molecular flexibility index (Phi) is 3.12. The third kappa shape index (κ3) is 2.16. The van der Waals surface area contributed by atoms with Crippen LogP contribution in [-0.4, -0.2) is 27.9 Å². The number of fused-ring (bicyclic) bond motifs is 2. The SMILES string of the molecule is Oc1ccc(C2CNC3=C4C(=CNC42)C=Cc2ccnnc23)c(Cl)c1. The monoisotopic (exact) mass is 350 g/mol. The minimum absolute atomic E-state index is 0.103. The zero-order valence-electron chi connectivity index (χ0n) is 13.2. The van der Waals surface area contributed by atoms with E-state index in [1.54, 1.807) is 18.3 Å². The molecular weight excluding hydrogens is 336 g/mol. The van der Waals surface area contributed by atoms with Crippen molar-refractivity contribution in [1.82, 2.24) is 20.8 Å². The lowest BCUT2D eigenvalue weighted by Gasteiger charge is -2.34. The van der Waals surface area contributed by atoms with Crippen molar-refractivity contribution in [3.8, 4) is 5.75 Å². The van der Waals surface area contributed by atoms with Crippen molar-refractivity contribution in [1.29, 1.82) is 0 Å². The van der Waals surface area contributed by atoms with Gasteiger partial charge in [0.25, 0.3) is 0 Å². The van der Waals surface area contributed by atoms with Crippen molar-refractivity contribution in [3.63, 3.8) is 0 Å². The molecule has 124 valence electrons. The van der Waals surface area contributed by atoms with E-state index in [0.29, 0.717) is 5.02 Å². The molecule has 0 saturated heterocycles. The van der Waals surface area contributed by atoms with Gasteiger partial charge in [0.05, 0.1) is 17.9 Å². The Morgan fingerprint density at radius 2 is 2.12 bits per heavy atom. The Morgan fingerprint density at radius 3 is 3.00 bits per heavy atom. The van der Waals surface area contributed by atoms with E-state index in [1.165, 1.54) is 5.57 Å². The molecule has 5 rings (SSSR count). The van der Waals surface area contributed by atoms with Crippen LogP contribution in [0.15, 0.2) is 53.9 Å². The molecule has 0 fully saturated rings. The molecule has 25 heavy (non-hydrogen) atoms. The number of aromatic nitrogens is 2. The van der Waals surface area contributed by atoms with Crippen LogP contribution in [0, 0.1) is 0 Å². The fourth-order valence-electron chi connectivity index (χ4n) is 3.87. The summed E-state index contributed by atoms with van der Waals surface area (Å²) in [6, 6.07) is 7.25. The number of hydrogen-bond donors (Lipinski definition) is 3. The number of allylic oxidation sites excluding steroid dienone is 1. The lowest BCUT2D eigenvalue weighted by atomic mass is 9.82. The predicted octanol–water partition coefficient (Wildman–Crippen LogP) is 2.82. The summed E-state index contributed by atoms with van der Waals surface area (Å²) >= 11 is 6.40. The maximum atomic E-state index is 9.64. The summed E-state index contributed by atoms with van der Waals surface area (Å²) in [5.74, 6) is 0.324. The Morgan fingerprint density at radius 1 is 1.20 bits per heavy atom. The molecule has 0 amide bonds. The normalized spacial score (nSPS) is 23.2. The van der Waals surface area contributed by atoms with Crippen molar-refractivity contribution in [3.05, 3.63) is 75.7 Å². The highest BCUT2D eigenvalue weighted by atomic mass is 35.5. The van der Waals surface area contributed by atoms with Crippen molar-refractivity contribution < 1.29 is 5.11 Å². The number of aromatic hydroxyl groups is 1. The zero-order chi connectivity index (χ0) is 17.0. The summed E-state index contributed by atoms with van der Waals surface area (Å²) in [5, 5.41) is 25.7. The number of phenols is 1. The van der Waals surface area contributed by atoms with Gasteiger partial charge in [0, 0.05) is 34.8 Å². The van der Waals surface area contributed by atoms with E-state index in [-0.39, 0.29) is 17.7 Å². The Bertz CT molecular complexity index is 979. The summed E-state index contributed by atoms with van der Waals surface area (Å²) < 4.78 is 0. The van der Waals surface area contributed by atoms with Gasteiger partial charge in [0.2, 0.25) is 0 Å². The van der Waals surface area contributed by atoms with Crippen LogP contribution in [0.3, 0.4) is 0 Å². The Balaban J connectivity index is 1.64. The van der Waals surface area contributed by atoms with Gasteiger partial charge in [-0.3, -0.25) is 0 Å². The second-order valence-corrected chi connectivity index (χ2v) is 6.80. The van der Waals surface area contributed by atoms with Crippen LogP contribution in [-0.2, 0) is 0 Å². The molecule has 1 aliphatic carbocycles. The molecule has 0 radical (unpaired) electrons. The van der Waals surface area contributed by atoms with Crippen LogP contribution in [0.4, 0.5) is 0 Å². The average Bonchev–Trinajstić information content (AvgIpc) is 2.97. The molecule has 6 heteroatoms. The van der Waals surface area contributed by atoms with E-state index in [0.717, 1.165) is 34.6 Å². The third-order valence-electron chi connectivity index (χ3n) is 5.03. The number of rotatable bonds is 1. The third-order valence-corrected chi connectivity index (χ3v) is 5.35. The molecule has 1 aromatic carbocycles. The van der Waals surface area contributed by atoms with Gasteiger partial charge >= 0.3 is 0 Å². The highest BCUT2D eigenvalue weighted by Gasteiger charge is 2.39. The van der Waals surface area contributed by atoms with Gasteiger partial charge in [-0.1, -0.05) is 29.8 Å². The molecule has 0 spiro atoms. The minimum atomic E-state index is 0.103. The highest BCUT2D eigenvalue weighted by molar-refractivity contribution is 6.31. The molecule has 5 nitrogen and oxygen atoms in total. The van der Waals surface area contributed by atoms with Crippen molar-refractivity contribution in [2.75, 3.05) is 6.54 Å². The fraction of sp³-hybridized carbons (Fsp3) is 0.158. The first kappa shape index (κ1) is 14.5. The van der Waals surface area contributed by atoms with E-state index in [4.69, 9.17) is 11.6 Å². The Hall–Kier alpha value is -2.79. The average molecular weight is 351 g/mol. The topological polar surface area (TPSA) is 70.1 Å². The molecule has 0 saturated carbocycles. The molecule has 3 N–H and O–H groups in total. The van der Waals surface area contributed by atoms with Crippen molar-refractivity contribution in [2.45, 2.75) is 12.0 Å². The summed E-state index contributed by atoms with van der Waals surface area (Å²) in [4.78, 5) is 0. The molecule has 1 aromatic heterocycles. The largest absolute Gasteiger partial charge is 0.508 e. The molecule has 2 atom stereocenters. The van der Waals surface area contributed by atoms with E-state index >= 15 is 0 Å². The molecule has 2 aliphatic heterocycles. The second kappa shape index (κ2) is 5.36. The number of nitrogens with one attached hydrogen (secondary N) is 2. The van der Waals surface area contributed by atoms with Crippen molar-refractivity contribution >= 4 is 23.4 Å². The molecule has 3 aliphatic rings. The summed E-state index contributed by atoms with van der Waals surface area (Å²) in [7, 11) is 0. The Labute approximate surface area is 149 Å². The number of benzene rings is 1. The van der Waals surface area contributed by atoms with Crippen LogP contribution in [0.5, 0.6) is 5.75 Å². The summed E-state index contributed by atoms with van der Waals surface area (Å²) in [6.07, 6.45) is 7.94. The second-order valence-electron chi connectivity index (χ2n) is 6.39. The molecule has 2 unspecified atom stereocenters. The van der Waals surface area contributed by atoms with Gasteiger partial charge in [0.1, 0.15) is 11.4 Å². The van der Waals surface area contributed by atoms with Crippen LogP contribution < -0.4 is 10.6 Å². The molecule has 2 aromatic rings. The summed E-state index contributed by atoms with van der Waals surface area (Å²) in [6.45, 7) is 0.720. The first-order valence-electron chi connectivity index (χ1n) is 8.15. The lowest BCUT2D eigenvalue weighted by Crippen LogP contribution is -2.41. The maximum absolute atomic E-state index is 9.64.